The van der Waals surface area contributed by atoms with Crippen LogP contribution < -0.4 is 5.73 Å². The van der Waals surface area contributed by atoms with Crippen molar-refractivity contribution < 1.29 is 0 Å². The molecule has 2 N–H and O–H groups in total. The van der Waals surface area contributed by atoms with Crippen molar-refractivity contribution in [3.8, 4) is 0 Å². The standard InChI is InChI=1S/C12H28N2/c1-5-7-11(3)14(4)9-8-12(6-2)10-13/h11-12H,5-10,13H2,1-4H3. The summed E-state index contributed by atoms with van der Waals surface area (Å²) in [5.74, 6) is 0.714. The molecule has 2 nitrogen and oxygen atoms in total. The molecule has 0 saturated carbocycles. The van der Waals surface area contributed by atoms with Gasteiger partial charge in [-0.05, 0) is 45.8 Å². The van der Waals surface area contributed by atoms with Crippen molar-refractivity contribution in [2.24, 2.45) is 11.7 Å². The Kier molecular flexibility index (Phi) is 8.20. The summed E-state index contributed by atoms with van der Waals surface area (Å²) in [6.45, 7) is 8.82. The van der Waals surface area contributed by atoms with Gasteiger partial charge in [0.25, 0.3) is 0 Å². The van der Waals surface area contributed by atoms with Crippen molar-refractivity contribution in [3.05, 3.63) is 0 Å². The minimum absolute atomic E-state index is 0.714. The van der Waals surface area contributed by atoms with E-state index in [0.29, 0.717) is 5.92 Å². The van der Waals surface area contributed by atoms with Crippen molar-refractivity contribution in [2.75, 3.05) is 20.1 Å². The summed E-state index contributed by atoms with van der Waals surface area (Å²) >= 11 is 0. The van der Waals surface area contributed by atoms with Gasteiger partial charge in [0.2, 0.25) is 0 Å². The molecule has 0 aromatic carbocycles. The molecular formula is C12H28N2. The maximum absolute atomic E-state index is 5.69. The van der Waals surface area contributed by atoms with Gasteiger partial charge in [-0.2, -0.15) is 0 Å². The second-order valence-corrected chi connectivity index (χ2v) is 4.42. The fourth-order valence-corrected chi connectivity index (χ4v) is 1.73. The topological polar surface area (TPSA) is 29.3 Å². The third-order valence-electron chi connectivity index (χ3n) is 3.26. The van der Waals surface area contributed by atoms with Crippen molar-refractivity contribution >= 4 is 0 Å². The molecule has 0 saturated heterocycles. The maximum Gasteiger partial charge on any atom is 0.00637 e. The minimum atomic E-state index is 0.714. The van der Waals surface area contributed by atoms with Gasteiger partial charge in [0, 0.05) is 6.04 Å². The Morgan fingerprint density at radius 1 is 1.21 bits per heavy atom. The summed E-state index contributed by atoms with van der Waals surface area (Å²) in [5.41, 5.74) is 5.69. The van der Waals surface area contributed by atoms with Crippen LogP contribution in [0, 0.1) is 5.92 Å². The summed E-state index contributed by atoms with van der Waals surface area (Å²) < 4.78 is 0. The SMILES string of the molecule is CCCC(C)N(C)CCC(CC)CN. The zero-order chi connectivity index (χ0) is 11.0. The fraction of sp³-hybridized carbons (Fsp3) is 1.00. The number of nitrogens with zero attached hydrogens (tertiary/aromatic N) is 1. The Balaban J connectivity index is 3.65. The summed E-state index contributed by atoms with van der Waals surface area (Å²) in [7, 11) is 2.23. The highest BCUT2D eigenvalue weighted by molar-refractivity contribution is 4.66. The predicted octanol–water partition coefficient (Wildman–Crippen LogP) is 2.48. The van der Waals surface area contributed by atoms with Crippen LogP contribution in [0.1, 0.15) is 46.5 Å². The first kappa shape index (κ1) is 13.9. The van der Waals surface area contributed by atoms with E-state index in [1.54, 1.807) is 0 Å². The highest BCUT2D eigenvalue weighted by Gasteiger charge is 2.10. The second kappa shape index (κ2) is 8.25. The van der Waals surface area contributed by atoms with Gasteiger partial charge in [-0.3, -0.25) is 0 Å². The van der Waals surface area contributed by atoms with Crippen LogP contribution in [-0.2, 0) is 0 Å². The Morgan fingerprint density at radius 3 is 2.29 bits per heavy atom. The van der Waals surface area contributed by atoms with E-state index in [1.807, 2.05) is 0 Å². The largest absolute Gasteiger partial charge is 0.330 e. The van der Waals surface area contributed by atoms with Crippen LogP contribution in [0.2, 0.25) is 0 Å². The lowest BCUT2D eigenvalue weighted by molar-refractivity contribution is 0.226. The predicted molar refractivity (Wildman–Crippen MR) is 64.5 cm³/mol. The van der Waals surface area contributed by atoms with Gasteiger partial charge in [-0.15, -0.1) is 0 Å². The molecule has 0 radical (unpaired) electrons. The van der Waals surface area contributed by atoms with Crippen molar-refractivity contribution in [1.29, 1.82) is 0 Å². The van der Waals surface area contributed by atoms with Crippen LogP contribution in [0.5, 0.6) is 0 Å². The van der Waals surface area contributed by atoms with Gasteiger partial charge in [-0.1, -0.05) is 26.7 Å². The number of nitrogens with two attached hydrogens (primary N) is 1. The number of hydrogen-bond donors (Lipinski definition) is 1. The lowest BCUT2D eigenvalue weighted by atomic mass is 10.0. The molecule has 0 aliphatic carbocycles. The Morgan fingerprint density at radius 2 is 1.86 bits per heavy atom. The first-order valence-electron chi connectivity index (χ1n) is 6.05. The first-order valence-corrected chi connectivity index (χ1v) is 6.05. The summed E-state index contributed by atoms with van der Waals surface area (Å²) in [6.07, 6.45) is 5.04. The molecule has 0 spiro atoms. The molecule has 14 heavy (non-hydrogen) atoms. The molecule has 0 heterocycles. The Hall–Kier alpha value is -0.0800. The molecule has 2 heteroatoms. The van der Waals surface area contributed by atoms with Crippen LogP contribution in [0.15, 0.2) is 0 Å². The van der Waals surface area contributed by atoms with Gasteiger partial charge in [-0.25, -0.2) is 0 Å². The van der Waals surface area contributed by atoms with Crippen molar-refractivity contribution in [3.63, 3.8) is 0 Å². The van der Waals surface area contributed by atoms with E-state index in [2.05, 4.69) is 32.7 Å². The monoisotopic (exact) mass is 200 g/mol. The molecule has 2 unspecified atom stereocenters. The van der Waals surface area contributed by atoms with E-state index in [4.69, 9.17) is 5.73 Å². The molecule has 0 aliphatic rings. The molecule has 0 amide bonds. The zero-order valence-electron chi connectivity index (χ0n) is 10.4. The van der Waals surface area contributed by atoms with Crippen LogP contribution in [0.25, 0.3) is 0 Å². The van der Waals surface area contributed by atoms with Gasteiger partial charge < -0.3 is 10.6 Å². The lowest BCUT2D eigenvalue weighted by Crippen LogP contribution is -2.31. The molecule has 0 aromatic heterocycles. The fourth-order valence-electron chi connectivity index (χ4n) is 1.73. The molecule has 0 aliphatic heterocycles. The summed E-state index contributed by atoms with van der Waals surface area (Å²) in [5, 5.41) is 0. The zero-order valence-corrected chi connectivity index (χ0v) is 10.4. The third-order valence-corrected chi connectivity index (χ3v) is 3.26. The quantitative estimate of drug-likeness (QED) is 0.652. The van der Waals surface area contributed by atoms with E-state index in [0.717, 1.165) is 12.6 Å². The van der Waals surface area contributed by atoms with E-state index in [9.17, 15) is 0 Å². The number of hydrogen-bond acceptors (Lipinski definition) is 2. The van der Waals surface area contributed by atoms with Crippen LogP contribution in [0.4, 0.5) is 0 Å². The van der Waals surface area contributed by atoms with Gasteiger partial charge in [0.05, 0.1) is 0 Å². The van der Waals surface area contributed by atoms with Crippen LogP contribution in [-0.4, -0.2) is 31.1 Å². The smallest absolute Gasteiger partial charge is 0.00637 e. The van der Waals surface area contributed by atoms with E-state index >= 15 is 0 Å². The molecular weight excluding hydrogens is 172 g/mol. The molecule has 0 fully saturated rings. The van der Waals surface area contributed by atoms with E-state index < -0.39 is 0 Å². The molecule has 0 aromatic rings. The van der Waals surface area contributed by atoms with Crippen molar-refractivity contribution in [2.45, 2.75) is 52.5 Å². The third kappa shape index (κ3) is 5.61. The second-order valence-electron chi connectivity index (χ2n) is 4.42. The highest BCUT2D eigenvalue weighted by Crippen LogP contribution is 2.10. The average molecular weight is 200 g/mol. The minimum Gasteiger partial charge on any atom is -0.330 e. The van der Waals surface area contributed by atoms with Crippen LogP contribution in [0.3, 0.4) is 0 Å². The lowest BCUT2D eigenvalue weighted by Gasteiger charge is -2.26. The van der Waals surface area contributed by atoms with Gasteiger partial charge in [0.1, 0.15) is 0 Å². The van der Waals surface area contributed by atoms with Gasteiger partial charge in [0.15, 0.2) is 0 Å². The summed E-state index contributed by atoms with van der Waals surface area (Å²) in [4.78, 5) is 2.46. The summed E-state index contributed by atoms with van der Waals surface area (Å²) in [6, 6.07) is 0.718. The Labute approximate surface area is 89.9 Å². The van der Waals surface area contributed by atoms with E-state index in [1.165, 1.54) is 32.2 Å². The van der Waals surface area contributed by atoms with Gasteiger partial charge >= 0.3 is 0 Å². The highest BCUT2D eigenvalue weighted by atomic mass is 15.1. The molecule has 0 bridgehead atoms. The molecule has 2 atom stereocenters. The van der Waals surface area contributed by atoms with Crippen LogP contribution >= 0.6 is 0 Å². The maximum atomic E-state index is 5.69. The normalized spacial score (nSPS) is 15.9. The number of rotatable bonds is 8. The average Bonchev–Trinajstić information content (AvgIpc) is 2.19. The molecule has 0 rings (SSSR count). The molecule has 86 valence electrons. The van der Waals surface area contributed by atoms with Crippen molar-refractivity contribution in [1.82, 2.24) is 4.90 Å². The van der Waals surface area contributed by atoms with E-state index in [-0.39, 0.29) is 0 Å². The first-order chi connectivity index (χ1) is 6.65. The Bertz CT molecular complexity index is 121.